The molecule has 0 aliphatic carbocycles. The Morgan fingerprint density at radius 2 is 2.17 bits per heavy atom. The van der Waals surface area contributed by atoms with Crippen LogP contribution in [0, 0.1) is 6.92 Å². The molecule has 3 rings (SSSR count). The Morgan fingerprint density at radius 3 is 2.94 bits per heavy atom. The van der Waals surface area contributed by atoms with E-state index in [0.29, 0.717) is 18.4 Å². The van der Waals surface area contributed by atoms with Gasteiger partial charge in [-0.05, 0) is 25.0 Å². The van der Waals surface area contributed by atoms with Gasteiger partial charge in [0, 0.05) is 32.1 Å². The van der Waals surface area contributed by atoms with E-state index in [4.69, 9.17) is 5.73 Å². The molecule has 2 aliphatic rings. The summed E-state index contributed by atoms with van der Waals surface area (Å²) >= 11 is 0. The fourth-order valence-electron chi connectivity index (χ4n) is 3.18. The van der Waals surface area contributed by atoms with Crippen molar-refractivity contribution in [3.8, 4) is 0 Å². The second kappa shape index (κ2) is 4.19. The third-order valence-electron chi connectivity index (χ3n) is 4.08. The number of nitrogens with zero attached hydrogens (tertiary/aromatic N) is 2. The van der Waals surface area contributed by atoms with Gasteiger partial charge in [0.15, 0.2) is 0 Å². The minimum Gasteiger partial charge on any atom is -0.397 e. The first-order valence-electron chi connectivity index (χ1n) is 6.56. The number of anilines is 2. The number of aryl methyl sites for hydroxylation is 1. The smallest absolute Gasteiger partial charge is 0.223 e. The first-order chi connectivity index (χ1) is 8.66. The highest BCUT2D eigenvalue weighted by Gasteiger charge is 2.36. The molecule has 2 N–H and O–H groups in total. The van der Waals surface area contributed by atoms with Crippen LogP contribution >= 0.6 is 0 Å². The molecule has 2 heterocycles. The van der Waals surface area contributed by atoms with Crippen molar-refractivity contribution >= 4 is 17.3 Å². The third-order valence-corrected chi connectivity index (χ3v) is 4.08. The maximum atomic E-state index is 11.7. The van der Waals surface area contributed by atoms with Gasteiger partial charge in [0.2, 0.25) is 5.91 Å². The molecule has 1 aromatic carbocycles. The van der Waals surface area contributed by atoms with Gasteiger partial charge >= 0.3 is 0 Å². The van der Waals surface area contributed by atoms with Crippen LogP contribution in [0.4, 0.5) is 11.4 Å². The maximum Gasteiger partial charge on any atom is 0.223 e. The van der Waals surface area contributed by atoms with Crippen molar-refractivity contribution in [2.24, 2.45) is 0 Å². The zero-order chi connectivity index (χ0) is 12.7. The van der Waals surface area contributed by atoms with E-state index in [9.17, 15) is 4.79 Å². The van der Waals surface area contributed by atoms with Gasteiger partial charge in [0.1, 0.15) is 0 Å². The zero-order valence-corrected chi connectivity index (χ0v) is 10.7. The molecule has 1 amide bonds. The van der Waals surface area contributed by atoms with Crippen molar-refractivity contribution in [2.45, 2.75) is 25.8 Å². The van der Waals surface area contributed by atoms with E-state index < -0.39 is 0 Å². The number of fused-ring (bicyclic) bond motifs is 1. The molecule has 0 spiro atoms. The molecule has 2 fully saturated rings. The van der Waals surface area contributed by atoms with Gasteiger partial charge < -0.3 is 15.5 Å². The van der Waals surface area contributed by atoms with E-state index in [2.05, 4.69) is 17.9 Å². The molecular weight excluding hydrogens is 226 g/mol. The monoisotopic (exact) mass is 245 g/mol. The summed E-state index contributed by atoms with van der Waals surface area (Å²) in [7, 11) is 0. The summed E-state index contributed by atoms with van der Waals surface area (Å²) in [6.45, 7) is 4.73. The summed E-state index contributed by atoms with van der Waals surface area (Å²) < 4.78 is 0. The van der Waals surface area contributed by atoms with Gasteiger partial charge in [-0.25, -0.2) is 0 Å². The van der Waals surface area contributed by atoms with E-state index in [1.807, 2.05) is 17.0 Å². The lowest BCUT2D eigenvalue weighted by molar-refractivity contribution is -0.129. The Bertz CT molecular complexity index is 466. The van der Waals surface area contributed by atoms with Gasteiger partial charge in [-0.15, -0.1) is 0 Å². The van der Waals surface area contributed by atoms with E-state index in [1.165, 1.54) is 5.56 Å². The maximum absolute atomic E-state index is 11.7. The van der Waals surface area contributed by atoms with Gasteiger partial charge in [0.05, 0.1) is 11.4 Å². The molecule has 96 valence electrons. The lowest BCUT2D eigenvalue weighted by Crippen LogP contribution is -2.51. The molecule has 0 bridgehead atoms. The second-order valence-corrected chi connectivity index (χ2v) is 5.24. The number of para-hydroxylation sites is 1. The second-order valence-electron chi connectivity index (χ2n) is 5.24. The third kappa shape index (κ3) is 1.72. The number of amides is 1. The van der Waals surface area contributed by atoms with Crippen LogP contribution in [0.1, 0.15) is 18.4 Å². The van der Waals surface area contributed by atoms with Gasteiger partial charge in [0.25, 0.3) is 0 Å². The topological polar surface area (TPSA) is 49.6 Å². The molecule has 1 aromatic rings. The Morgan fingerprint density at radius 1 is 1.33 bits per heavy atom. The van der Waals surface area contributed by atoms with Crippen LogP contribution in [0.15, 0.2) is 18.2 Å². The van der Waals surface area contributed by atoms with E-state index in [-0.39, 0.29) is 0 Å². The molecule has 0 radical (unpaired) electrons. The van der Waals surface area contributed by atoms with Crippen molar-refractivity contribution in [2.75, 3.05) is 30.3 Å². The Labute approximate surface area is 107 Å². The lowest BCUT2D eigenvalue weighted by atomic mass is 10.1. The molecule has 4 nitrogen and oxygen atoms in total. The molecular formula is C14H19N3O. The first kappa shape index (κ1) is 11.4. The van der Waals surface area contributed by atoms with Crippen LogP contribution in [0.25, 0.3) is 0 Å². The number of nitrogen functional groups attached to an aromatic ring is 1. The van der Waals surface area contributed by atoms with Crippen LogP contribution in [-0.4, -0.2) is 36.5 Å². The number of hydrogen-bond acceptors (Lipinski definition) is 3. The van der Waals surface area contributed by atoms with Crippen LogP contribution in [0.2, 0.25) is 0 Å². The number of nitrogens with two attached hydrogens (primary N) is 1. The molecule has 1 atom stereocenters. The fraction of sp³-hybridized carbons (Fsp3) is 0.500. The molecule has 0 aromatic heterocycles. The normalized spacial score (nSPS) is 23.4. The van der Waals surface area contributed by atoms with Crippen LogP contribution in [-0.2, 0) is 4.79 Å². The minimum absolute atomic E-state index is 0.317. The van der Waals surface area contributed by atoms with E-state index in [1.54, 1.807) is 0 Å². The molecule has 1 unspecified atom stereocenters. The summed E-state index contributed by atoms with van der Waals surface area (Å²) in [6.07, 6.45) is 1.70. The fourth-order valence-corrected chi connectivity index (χ4v) is 3.18. The van der Waals surface area contributed by atoms with Crippen molar-refractivity contribution in [1.82, 2.24) is 4.90 Å². The van der Waals surface area contributed by atoms with Crippen molar-refractivity contribution < 1.29 is 4.79 Å². The van der Waals surface area contributed by atoms with E-state index >= 15 is 0 Å². The van der Waals surface area contributed by atoms with Crippen molar-refractivity contribution in [3.05, 3.63) is 23.8 Å². The minimum atomic E-state index is 0.317. The Kier molecular flexibility index (Phi) is 2.65. The summed E-state index contributed by atoms with van der Waals surface area (Å²) in [5.41, 5.74) is 9.30. The lowest BCUT2D eigenvalue weighted by Gasteiger charge is -2.39. The highest BCUT2D eigenvalue weighted by atomic mass is 16.2. The quantitative estimate of drug-likeness (QED) is 0.761. The molecule has 4 heteroatoms. The standard InChI is InChI=1S/C14H19N3O/c1-10-3-2-4-12(15)14(10)16-7-8-17-11(9-16)5-6-13(17)18/h2-4,11H,5-9,15H2,1H3. The van der Waals surface area contributed by atoms with Gasteiger partial charge in [-0.2, -0.15) is 0 Å². The number of rotatable bonds is 1. The number of benzene rings is 1. The summed E-state index contributed by atoms with van der Waals surface area (Å²) in [5.74, 6) is 0.317. The summed E-state index contributed by atoms with van der Waals surface area (Å²) in [5, 5.41) is 0. The number of carbonyl (C=O) groups excluding carboxylic acids is 1. The molecule has 2 saturated heterocycles. The van der Waals surface area contributed by atoms with E-state index in [0.717, 1.165) is 37.4 Å². The summed E-state index contributed by atoms with van der Waals surface area (Å²) in [4.78, 5) is 16.0. The average molecular weight is 245 g/mol. The number of piperazine rings is 1. The summed E-state index contributed by atoms with van der Waals surface area (Å²) in [6, 6.07) is 6.42. The van der Waals surface area contributed by atoms with Gasteiger partial charge in [-0.1, -0.05) is 12.1 Å². The van der Waals surface area contributed by atoms with Crippen LogP contribution in [0.5, 0.6) is 0 Å². The number of hydrogen-bond donors (Lipinski definition) is 1. The largest absolute Gasteiger partial charge is 0.397 e. The van der Waals surface area contributed by atoms with Crippen LogP contribution < -0.4 is 10.6 Å². The molecule has 18 heavy (non-hydrogen) atoms. The SMILES string of the molecule is Cc1cccc(N)c1N1CCN2C(=O)CCC2C1. The first-order valence-corrected chi connectivity index (χ1v) is 6.56. The highest BCUT2D eigenvalue weighted by molar-refractivity contribution is 5.80. The Hall–Kier alpha value is -1.71. The van der Waals surface area contributed by atoms with Crippen molar-refractivity contribution in [3.63, 3.8) is 0 Å². The highest BCUT2D eigenvalue weighted by Crippen LogP contribution is 2.31. The predicted octanol–water partition coefficient (Wildman–Crippen LogP) is 1.39. The predicted molar refractivity (Wildman–Crippen MR) is 72.5 cm³/mol. The molecule has 2 aliphatic heterocycles. The zero-order valence-electron chi connectivity index (χ0n) is 10.7. The molecule has 0 saturated carbocycles. The van der Waals surface area contributed by atoms with Crippen molar-refractivity contribution in [1.29, 1.82) is 0 Å². The average Bonchev–Trinajstić information content (AvgIpc) is 2.71. The van der Waals surface area contributed by atoms with Gasteiger partial charge in [-0.3, -0.25) is 4.79 Å². The Balaban J connectivity index is 1.85. The number of carbonyl (C=O) groups is 1. The van der Waals surface area contributed by atoms with Crippen LogP contribution in [0.3, 0.4) is 0 Å².